The molecule has 2 aromatic rings. The average molecular weight is 354 g/mol. The predicted octanol–water partition coefficient (Wildman–Crippen LogP) is 3.05. The molecule has 0 bridgehead atoms. The van der Waals surface area contributed by atoms with Crippen LogP contribution in [0.25, 0.3) is 0 Å². The molecule has 1 unspecified atom stereocenters. The van der Waals surface area contributed by atoms with Gasteiger partial charge in [-0.1, -0.05) is 6.07 Å². The second-order valence-corrected chi connectivity index (χ2v) is 6.55. The predicted molar refractivity (Wildman–Crippen MR) is 102 cm³/mol. The third kappa shape index (κ3) is 5.46. The summed E-state index contributed by atoms with van der Waals surface area (Å²) in [7, 11) is 0. The number of aromatic nitrogens is 1. The van der Waals surface area contributed by atoms with Gasteiger partial charge in [0, 0.05) is 43.1 Å². The second-order valence-electron chi connectivity index (χ2n) is 6.55. The Hall–Kier alpha value is -2.60. The number of nitrogens with zero attached hydrogens (tertiary/aromatic N) is 2. The highest BCUT2D eigenvalue weighted by molar-refractivity contribution is 5.89. The average Bonchev–Trinajstić information content (AvgIpc) is 2.89. The molecule has 1 atom stereocenters. The van der Waals surface area contributed by atoms with E-state index in [0.29, 0.717) is 13.2 Å². The van der Waals surface area contributed by atoms with Gasteiger partial charge in [0.15, 0.2) is 0 Å². The lowest BCUT2D eigenvalue weighted by Crippen LogP contribution is -2.36. The normalized spacial score (nSPS) is 17.4. The van der Waals surface area contributed by atoms with Crippen LogP contribution in [-0.2, 0) is 6.42 Å². The summed E-state index contributed by atoms with van der Waals surface area (Å²) >= 11 is 0. The third-order valence-electron chi connectivity index (χ3n) is 4.52. The molecule has 0 radical (unpaired) electrons. The van der Waals surface area contributed by atoms with Crippen LogP contribution in [0.2, 0.25) is 0 Å². The lowest BCUT2D eigenvalue weighted by atomic mass is 10.1. The molecule has 1 fully saturated rings. The number of hydrogen-bond donors (Lipinski definition) is 2. The van der Waals surface area contributed by atoms with E-state index in [4.69, 9.17) is 10.5 Å². The van der Waals surface area contributed by atoms with Crippen molar-refractivity contribution in [2.24, 2.45) is 5.73 Å². The zero-order valence-electron chi connectivity index (χ0n) is 14.9. The van der Waals surface area contributed by atoms with Gasteiger partial charge in [-0.25, -0.2) is 4.79 Å². The summed E-state index contributed by atoms with van der Waals surface area (Å²) in [6.07, 6.45) is 5.34. The van der Waals surface area contributed by atoms with Crippen LogP contribution in [0.4, 0.5) is 10.5 Å². The maximum atomic E-state index is 12.4. The number of benzene rings is 1. The molecule has 26 heavy (non-hydrogen) atoms. The van der Waals surface area contributed by atoms with E-state index >= 15 is 0 Å². The minimum Gasteiger partial charge on any atom is -0.493 e. The first kappa shape index (κ1) is 18.2. The van der Waals surface area contributed by atoms with Crippen molar-refractivity contribution in [3.05, 3.63) is 54.4 Å². The largest absolute Gasteiger partial charge is 0.493 e. The number of amides is 2. The number of carbonyl (C=O) groups is 1. The molecular formula is C20H26N4O2. The summed E-state index contributed by atoms with van der Waals surface area (Å²) in [5, 5.41) is 2.94. The van der Waals surface area contributed by atoms with Gasteiger partial charge in [0.05, 0.1) is 6.61 Å². The van der Waals surface area contributed by atoms with E-state index in [-0.39, 0.29) is 12.1 Å². The number of rotatable bonds is 5. The molecule has 0 spiro atoms. The van der Waals surface area contributed by atoms with E-state index in [0.717, 1.165) is 49.4 Å². The standard InChI is InChI=1S/C20H26N4O2/c21-16-4-3-13-24(14-10-16)20(25)23-18-6-8-19(9-7-18)26-15-11-17-5-1-2-12-22-17/h1-2,5-9,12,16H,3-4,10-11,13-15,21H2,(H,23,25). The van der Waals surface area contributed by atoms with Crippen molar-refractivity contribution in [1.82, 2.24) is 9.88 Å². The number of anilines is 1. The molecule has 2 amide bonds. The molecule has 0 aliphatic carbocycles. The summed E-state index contributed by atoms with van der Waals surface area (Å²) < 4.78 is 5.74. The second kappa shape index (κ2) is 9.20. The van der Waals surface area contributed by atoms with Crippen LogP contribution in [0.5, 0.6) is 5.75 Å². The Labute approximate surface area is 154 Å². The number of likely N-dealkylation sites (tertiary alicyclic amines) is 1. The van der Waals surface area contributed by atoms with E-state index in [2.05, 4.69) is 10.3 Å². The molecule has 0 saturated carbocycles. The molecule has 1 aromatic heterocycles. The lowest BCUT2D eigenvalue weighted by Gasteiger charge is -2.21. The van der Waals surface area contributed by atoms with Gasteiger partial charge in [-0.2, -0.15) is 0 Å². The monoisotopic (exact) mass is 354 g/mol. The van der Waals surface area contributed by atoms with Crippen molar-refractivity contribution in [3.8, 4) is 5.75 Å². The first-order valence-corrected chi connectivity index (χ1v) is 9.15. The Morgan fingerprint density at radius 2 is 2.04 bits per heavy atom. The number of hydrogen-bond acceptors (Lipinski definition) is 4. The number of nitrogens with one attached hydrogen (secondary N) is 1. The van der Waals surface area contributed by atoms with Gasteiger partial charge in [0.25, 0.3) is 0 Å². The summed E-state index contributed by atoms with van der Waals surface area (Å²) in [5.74, 6) is 0.777. The molecule has 1 aromatic carbocycles. The van der Waals surface area contributed by atoms with Crippen LogP contribution in [-0.4, -0.2) is 41.7 Å². The van der Waals surface area contributed by atoms with E-state index in [1.54, 1.807) is 6.20 Å². The van der Waals surface area contributed by atoms with Crippen molar-refractivity contribution < 1.29 is 9.53 Å². The summed E-state index contributed by atoms with van der Waals surface area (Å²) in [6.45, 7) is 2.03. The van der Waals surface area contributed by atoms with Crippen LogP contribution in [0.1, 0.15) is 25.0 Å². The first-order chi connectivity index (χ1) is 12.7. The molecule has 6 heteroatoms. The maximum Gasteiger partial charge on any atom is 0.321 e. The van der Waals surface area contributed by atoms with Crippen LogP contribution >= 0.6 is 0 Å². The topological polar surface area (TPSA) is 80.5 Å². The quantitative estimate of drug-likeness (QED) is 0.865. The van der Waals surface area contributed by atoms with E-state index in [1.807, 2.05) is 47.4 Å². The molecule has 6 nitrogen and oxygen atoms in total. The highest BCUT2D eigenvalue weighted by Crippen LogP contribution is 2.17. The van der Waals surface area contributed by atoms with Gasteiger partial charge >= 0.3 is 6.03 Å². The van der Waals surface area contributed by atoms with Crippen LogP contribution < -0.4 is 15.8 Å². The molecule has 1 aliphatic rings. The minimum atomic E-state index is -0.0667. The van der Waals surface area contributed by atoms with Crippen molar-refractivity contribution >= 4 is 11.7 Å². The Morgan fingerprint density at radius 3 is 2.81 bits per heavy atom. The fourth-order valence-corrected chi connectivity index (χ4v) is 2.98. The number of pyridine rings is 1. The third-order valence-corrected chi connectivity index (χ3v) is 4.52. The first-order valence-electron chi connectivity index (χ1n) is 9.15. The van der Waals surface area contributed by atoms with Gasteiger partial charge in [-0.15, -0.1) is 0 Å². The highest BCUT2D eigenvalue weighted by atomic mass is 16.5. The van der Waals surface area contributed by atoms with Crippen molar-refractivity contribution in [3.63, 3.8) is 0 Å². The molecule has 138 valence electrons. The molecular weight excluding hydrogens is 328 g/mol. The zero-order valence-corrected chi connectivity index (χ0v) is 14.9. The van der Waals surface area contributed by atoms with E-state index in [9.17, 15) is 4.79 Å². The van der Waals surface area contributed by atoms with E-state index in [1.165, 1.54) is 0 Å². The molecule has 3 N–H and O–H groups in total. The van der Waals surface area contributed by atoms with Crippen molar-refractivity contribution in [2.45, 2.75) is 31.7 Å². The van der Waals surface area contributed by atoms with Crippen LogP contribution in [0, 0.1) is 0 Å². The number of ether oxygens (including phenoxy) is 1. The smallest absolute Gasteiger partial charge is 0.321 e. The summed E-state index contributed by atoms with van der Waals surface area (Å²) in [5.41, 5.74) is 7.74. The van der Waals surface area contributed by atoms with Gasteiger partial charge in [0.2, 0.25) is 0 Å². The number of carbonyl (C=O) groups excluding carboxylic acids is 1. The highest BCUT2D eigenvalue weighted by Gasteiger charge is 2.18. The Kier molecular flexibility index (Phi) is 6.44. The van der Waals surface area contributed by atoms with Crippen molar-refractivity contribution in [2.75, 3.05) is 25.0 Å². The van der Waals surface area contributed by atoms with Gasteiger partial charge in [0.1, 0.15) is 5.75 Å². The minimum absolute atomic E-state index is 0.0667. The molecule has 3 rings (SSSR count). The fraction of sp³-hybridized carbons (Fsp3) is 0.400. The number of urea groups is 1. The zero-order chi connectivity index (χ0) is 18.2. The SMILES string of the molecule is NC1CCCN(C(=O)Nc2ccc(OCCc3ccccn3)cc2)CC1. The Morgan fingerprint density at radius 1 is 1.19 bits per heavy atom. The molecule has 2 heterocycles. The van der Waals surface area contributed by atoms with Gasteiger partial charge in [-0.05, 0) is 55.7 Å². The summed E-state index contributed by atoms with van der Waals surface area (Å²) in [4.78, 5) is 18.5. The summed E-state index contributed by atoms with van der Waals surface area (Å²) in [6, 6.07) is 13.4. The lowest BCUT2D eigenvalue weighted by molar-refractivity contribution is 0.213. The number of nitrogens with two attached hydrogens (primary N) is 1. The Bertz CT molecular complexity index is 691. The molecule has 1 saturated heterocycles. The maximum absolute atomic E-state index is 12.4. The molecule has 1 aliphatic heterocycles. The van der Waals surface area contributed by atoms with Crippen molar-refractivity contribution in [1.29, 1.82) is 0 Å². The van der Waals surface area contributed by atoms with Crippen LogP contribution in [0.3, 0.4) is 0 Å². The van der Waals surface area contributed by atoms with Gasteiger partial charge in [-0.3, -0.25) is 4.98 Å². The Balaban J connectivity index is 1.45. The fourth-order valence-electron chi connectivity index (χ4n) is 2.98. The van der Waals surface area contributed by atoms with Crippen LogP contribution in [0.15, 0.2) is 48.7 Å². The van der Waals surface area contributed by atoms with E-state index < -0.39 is 0 Å². The van der Waals surface area contributed by atoms with Gasteiger partial charge < -0.3 is 20.7 Å².